The van der Waals surface area contributed by atoms with E-state index < -0.39 is 12.6 Å². The Labute approximate surface area is 127 Å². The molecule has 1 heterocycles. The average Bonchev–Trinajstić information content (AvgIpc) is 2.83. The van der Waals surface area contributed by atoms with Gasteiger partial charge in [-0.05, 0) is 24.6 Å². The second kappa shape index (κ2) is 6.75. The molecule has 1 aromatic heterocycles. The molecule has 22 heavy (non-hydrogen) atoms. The van der Waals surface area contributed by atoms with Crippen molar-refractivity contribution in [3.8, 4) is 5.75 Å². The molecule has 0 aliphatic carbocycles. The number of hydrogen-bond acceptors (Lipinski definition) is 4. The van der Waals surface area contributed by atoms with Crippen LogP contribution in [0.1, 0.15) is 21.6 Å². The lowest BCUT2D eigenvalue weighted by Crippen LogP contribution is -2.23. The van der Waals surface area contributed by atoms with E-state index in [2.05, 4.69) is 10.4 Å². The summed E-state index contributed by atoms with van der Waals surface area (Å²) in [7, 11) is 1.77. The summed E-state index contributed by atoms with van der Waals surface area (Å²) >= 11 is 0. The average molecular weight is 303 g/mol. The van der Waals surface area contributed by atoms with Crippen molar-refractivity contribution < 1.29 is 19.4 Å². The van der Waals surface area contributed by atoms with Gasteiger partial charge in [0.15, 0.2) is 6.61 Å². The second-order valence-electron chi connectivity index (χ2n) is 4.78. The van der Waals surface area contributed by atoms with Crippen LogP contribution in [0.4, 0.5) is 0 Å². The zero-order valence-corrected chi connectivity index (χ0v) is 12.4. The fourth-order valence-corrected chi connectivity index (χ4v) is 1.89. The van der Waals surface area contributed by atoms with Gasteiger partial charge in [0.1, 0.15) is 5.75 Å². The van der Waals surface area contributed by atoms with Crippen LogP contribution in [0, 0.1) is 6.92 Å². The molecule has 0 atom stereocenters. The van der Waals surface area contributed by atoms with Crippen LogP contribution in [-0.2, 0) is 18.4 Å². The Hall–Kier alpha value is -2.83. The first-order chi connectivity index (χ1) is 10.5. The van der Waals surface area contributed by atoms with Gasteiger partial charge in [-0.25, -0.2) is 4.79 Å². The molecule has 0 unspecified atom stereocenters. The van der Waals surface area contributed by atoms with E-state index >= 15 is 0 Å². The van der Waals surface area contributed by atoms with E-state index in [-0.39, 0.29) is 5.91 Å². The first-order valence-corrected chi connectivity index (χ1v) is 6.67. The van der Waals surface area contributed by atoms with E-state index in [1.54, 1.807) is 29.9 Å². The lowest BCUT2D eigenvalue weighted by Gasteiger charge is -2.08. The lowest BCUT2D eigenvalue weighted by molar-refractivity contribution is -0.139. The highest BCUT2D eigenvalue weighted by Crippen LogP contribution is 2.13. The van der Waals surface area contributed by atoms with E-state index in [0.717, 1.165) is 11.3 Å². The molecule has 0 fully saturated rings. The molecule has 2 rings (SSSR count). The monoisotopic (exact) mass is 303 g/mol. The molecule has 116 valence electrons. The molecule has 0 saturated carbocycles. The van der Waals surface area contributed by atoms with Gasteiger partial charge in [0, 0.05) is 19.3 Å². The fraction of sp³-hybridized carbons (Fsp3) is 0.267. The maximum atomic E-state index is 12.1. The summed E-state index contributed by atoms with van der Waals surface area (Å²) in [5.74, 6) is -0.792. The number of hydrogen-bond donors (Lipinski definition) is 2. The van der Waals surface area contributed by atoms with E-state index in [9.17, 15) is 9.59 Å². The maximum Gasteiger partial charge on any atom is 0.341 e. The standard InChI is InChI=1S/C15H17N3O4/c1-10-13(8-17-18(10)2)15(21)16-7-11-4-3-5-12(6-11)22-9-14(19)20/h3-6,8H,7,9H2,1-2H3,(H,16,21)(H,19,20). The Morgan fingerprint density at radius 2 is 2.18 bits per heavy atom. The summed E-state index contributed by atoms with van der Waals surface area (Å²) in [6, 6.07) is 6.93. The number of aromatic nitrogens is 2. The lowest BCUT2D eigenvalue weighted by atomic mass is 10.2. The van der Waals surface area contributed by atoms with Crippen molar-refractivity contribution >= 4 is 11.9 Å². The highest BCUT2D eigenvalue weighted by atomic mass is 16.5. The number of nitrogens with one attached hydrogen (secondary N) is 1. The molecule has 7 heteroatoms. The second-order valence-corrected chi connectivity index (χ2v) is 4.78. The molecule has 2 N–H and O–H groups in total. The number of carbonyl (C=O) groups is 2. The summed E-state index contributed by atoms with van der Waals surface area (Å²) in [5, 5.41) is 15.4. The largest absolute Gasteiger partial charge is 0.482 e. The van der Waals surface area contributed by atoms with Gasteiger partial charge in [0.2, 0.25) is 0 Å². The molecule has 0 bridgehead atoms. The zero-order chi connectivity index (χ0) is 16.1. The number of nitrogens with zero attached hydrogens (tertiary/aromatic N) is 2. The number of ether oxygens (including phenoxy) is 1. The van der Waals surface area contributed by atoms with E-state index in [0.29, 0.717) is 17.9 Å². The van der Waals surface area contributed by atoms with Crippen LogP contribution < -0.4 is 10.1 Å². The number of amides is 1. The Balaban J connectivity index is 1.96. The third kappa shape index (κ3) is 3.85. The molecule has 7 nitrogen and oxygen atoms in total. The van der Waals surface area contributed by atoms with Gasteiger partial charge in [-0.3, -0.25) is 9.48 Å². The minimum Gasteiger partial charge on any atom is -0.482 e. The van der Waals surface area contributed by atoms with Crippen molar-refractivity contribution in [1.29, 1.82) is 0 Å². The van der Waals surface area contributed by atoms with Gasteiger partial charge in [0.05, 0.1) is 11.8 Å². The minimum atomic E-state index is -1.04. The number of carboxylic acids is 1. The molecule has 1 amide bonds. The number of aliphatic carboxylic acids is 1. The van der Waals surface area contributed by atoms with Crippen LogP contribution in [0.3, 0.4) is 0 Å². The van der Waals surface area contributed by atoms with Crippen LogP contribution in [0.2, 0.25) is 0 Å². The summed E-state index contributed by atoms with van der Waals surface area (Å²) < 4.78 is 6.73. The maximum absolute atomic E-state index is 12.1. The van der Waals surface area contributed by atoms with Gasteiger partial charge in [-0.1, -0.05) is 12.1 Å². The number of carbonyl (C=O) groups excluding carboxylic acids is 1. The van der Waals surface area contributed by atoms with E-state index in [1.165, 1.54) is 6.20 Å². The molecule has 0 aliphatic rings. The van der Waals surface area contributed by atoms with Crippen LogP contribution in [0.5, 0.6) is 5.75 Å². The predicted octanol–water partition coefficient (Wildman–Crippen LogP) is 1.12. The quantitative estimate of drug-likeness (QED) is 0.834. The smallest absolute Gasteiger partial charge is 0.341 e. The summed E-state index contributed by atoms with van der Waals surface area (Å²) in [5.41, 5.74) is 2.13. The third-order valence-electron chi connectivity index (χ3n) is 3.19. The van der Waals surface area contributed by atoms with Gasteiger partial charge >= 0.3 is 5.97 Å². The summed E-state index contributed by atoms with van der Waals surface area (Å²) in [6.07, 6.45) is 1.52. The van der Waals surface area contributed by atoms with Crippen molar-refractivity contribution in [3.63, 3.8) is 0 Å². The Kier molecular flexibility index (Phi) is 4.77. The van der Waals surface area contributed by atoms with Gasteiger partial charge < -0.3 is 15.2 Å². The minimum absolute atomic E-state index is 0.206. The number of carboxylic acid groups (broad SMARTS) is 1. The molecular formula is C15H17N3O4. The van der Waals surface area contributed by atoms with Crippen LogP contribution in [-0.4, -0.2) is 33.4 Å². The molecule has 1 aromatic carbocycles. The van der Waals surface area contributed by atoms with Crippen LogP contribution >= 0.6 is 0 Å². The number of benzene rings is 1. The van der Waals surface area contributed by atoms with E-state index in [1.807, 2.05) is 13.0 Å². The molecule has 2 aromatic rings. The van der Waals surface area contributed by atoms with Gasteiger partial charge in [0.25, 0.3) is 5.91 Å². The van der Waals surface area contributed by atoms with Gasteiger partial charge in [-0.2, -0.15) is 5.10 Å². The van der Waals surface area contributed by atoms with Crippen molar-refractivity contribution in [3.05, 3.63) is 47.3 Å². The third-order valence-corrected chi connectivity index (χ3v) is 3.19. The summed E-state index contributed by atoms with van der Waals surface area (Å²) in [6.45, 7) is 1.74. The normalized spacial score (nSPS) is 10.3. The van der Waals surface area contributed by atoms with Crippen molar-refractivity contribution in [2.24, 2.45) is 7.05 Å². The molecular weight excluding hydrogens is 286 g/mol. The zero-order valence-electron chi connectivity index (χ0n) is 12.4. The van der Waals surface area contributed by atoms with Crippen molar-refractivity contribution in [2.45, 2.75) is 13.5 Å². The predicted molar refractivity (Wildman–Crippen MR) is 78.7 cm³/mol. The fourth-order valence-electron chi connectivity index (χ4n) is 1.89. The van der Waals surface area contributed by atoms with Crippen LogP contribution in [0.25, 0.3) is 0 Å². The first kappa shape index (κ1) is 15.6. The highest BCUT2D eigenvalue weighted by Gasteiger charge is 2.12. The van der Waals surface area contributed by atoms with E-state index in [4.69, 9.17) is 9.84 Å². The topological polar surface area (TPSA) is 93.4 Å². The first-order valence-electron chi connectivity index (χ1n) is 6.67. The van der Waals surface area contributed by atoms with Crippen LogP contribution in [0.15, 0.2) is 30.5 Å². The van der Waals surface area contributed by atoms with Crippen molar-refractivity contribution in [1.82, 2.24) is 15.1 Å². The highest BCUT2D eigenvalue weighted by molar-refractivity contribution is 5.94. The summed E-state index contributed by atoms with van der Waals surface area (Å²) in [4.78, 5) is 22.6. The van der Waals surface area contributed by atoms with Crippen molar-refractivity contribution in [2.75, 3.05) is 6.61 Å². The molecule has 0 saturated heterocycles. The Morgan fingerprint density at radius 3 is 2.82 bits per heavy atom. The molecule has 0 spiro atoms. The SMILES string of the molecule is Cc1c(C(=O)NCc2cccc(OCC(=O)O)c2)cnn1C. The number of aryl methyl sites for hydroxylation is 1. The molecule has 0 radical (unpaired) electrons. The van der Waals surface area contributed by atoms with Gasteiger partial charge in [-0.15, -0.1) is 0 Å². The number of rotatable bonds is 6. The Morgan fingerprint density at radius 1 is 1.41 bits per heavy atom. The molecule has 0 aliphatic heterocycles. The Bertz CT molecular complexity index is 694.